The van der Waals surface area contributed by atoms with Gasteiger partial charge in [-0.2, -0.15) is 0 Å². The molecule has 6 nitrogen and oxygen atoms in total. The number of hydrogen-bond donors (Lipinski definition) is 1. The van der Waals surface area contributed by atoms with Gasteiger partial charge >= 0.3 is 5.97 Å². The zero-order valence-electron chi connectivity index (χ0n) is 13.9. The van der Waals surface area contributed by atoms with E-state index in [1.165, 1.54) is 7.11 Å². The molecule has 2 atom stereocenters. The van der Waals surface area contributed by atoms with Gasteiger partial charge in [-0.3, -0.25) is 14.4 Å². The zero-order chi connectivity index (χ0) is 17.2. The molecule has 128 valence electrons. The second-order valence-electron chi connectivity index (χ2n) is 6.90. The zero-order valence-corrected chi connectivity index (χ0v) is 13.9. The lowest BCUT2D eigenvalue weighted by atomic mass is 9.67. The first-order valence-corrected chi connectivity index (χ1v) is 7.97. The van der Waals surface area contributed by atoms with E-state index in [0.29, 0.717) is 13.0 Å². The topological polar surface area (TPSA) is 89.9 Å². The molecule has 0 saturated carbocycles. The molecule has 0 bridgehead atoms. The fourth-order valence-electron chi connectivity index (χ4n) is 3.40. The third-order valence-electron chi connectivity index (χ3n) is 4.64. The van der Waals surface area contributed by atoms with Crippen molar-refractivity contribution in [1.82, 2.24) is 0 Å². The van der Waals surface area contributed by atoms with Gasteiger partial charge in [-0.05, 0) is 24.7 Å². The van der Waals surface area contributed by atoms with Crippen LogP contribution in [-0.4, -0.2) is 42.5 Å². The second-order valence-corrected chi connectivity index (χ2v) is 6.90. The summed E-state index contributed by atoms with van der Waals surface area (Å²) in [4.78, 5) is 36.7. The molecule has 23 heavy (non-hydrogen) atoms. The van der Waals surface area contributed by atoms with Gasteiger partial charge in [-0.1, -0.05) is 13.8 Å². The number of hydrogen-bond acceptors (Lipinski definition) is 6. The van der Waals surface area contributed by atoms with Crippen LogP contribution in [0.2, 0.25) is 0 Å². The minimum Gasteiger partial charge on any atom is -0.510 e. The van der Waals surface area contributed by atoms with E-state index in [0.717, 1.165) is 12.8 Å². The number of aliphatic hydroxyl groups excluding tert-OH is 1. The average molecular weight is 324 g/mol. The Hall–Kier alpha value is -1.69. The molecule has 1 heterocycles. The van der Waals surface area contributed by atoms with Gasteiger partial charge in [-0.25, -0.2) is 0 Å². The van der Waals surface area contributed by atoms with E-state index in [2.05, 4.69) is 0 Å². The summed E-state index contributed by atoms with van der Waals surface area (Å²) in [6.07, 6.45) is 2.60. The van der Waals surface area contributed by atoms with Crippen molar-refractivity contribution in [3.05, 3.63) is 11.3 Å². The van der Waals surface area contributed by atoms with Gasteiger partial charge in [0.1, 0.15) is 11.7 Å². The van der Waals surface area contributed by atoms with Crippen molar-refractivity contribution in [3.63, 3.8) is 0 Å². The molecule has 0 amide bonds. The SMILES string of the molecule is COC(=O)[C@H]1C(O)=C(C(=O)CC[C@@H]2CCCO2)C(=O)CC1(C)C. The highest BCUT2D eigenvalue weighted by molar-refractivity contribution is 6.21. The van der Waals surface area contributed by atoms with Gasteiger partial charge in [-0.15, -0.1) is 0 Å². The lowest BCUT2D eigenvalue weighted by Crippen LogP contribution is -2.41. The molecule has 1 N–H and O–H groups in total. The number of Topliss-reactive ketones (excluding diaryl/α,β-unsaturated/α-hetero) is 2. The van der Waals surface area contributed by atoms with Crippen LogP contribution in [0.5, 0.6) is 0 Å². The summed E-state index contributed by atoms with van der Waals surface area (Å²) in [6.45, 7) is 4.11. The molecule has 0 spiro atoms. The predicted octanol–water partition coefficient (Wildman–Crippen LogP) is 2.11. The van der Waals surface area contributed by atoms with Gasteiger partial charge < -0.3 is 14.6 Å². The summed E-state index contributed by atoms with van der Waals surface area (Å²) in [5.74, 6) is -2.91. The minimum absolute atomic E-state index is 0.0256. The number of allylic oxidation sites excluding steroid dienone is 1. The molecule has 2 rings (SSSR count). The summed E-state index contributed by atoms with van der Waals surface area (Å²) in [5.41, 5.74) is -1.02. The Labute approximate surface area is 135 Å². The number of aliphatic hydroxyl groups is 1. The van der Waals surface area contributed by atoms with Gasteiger partial charge in [0.2, 0.25) is 0 Å². The summed E-state index contributed by atoms with van der Waals surface area (Å²) >= 11 is 0. The molecule has 0 aromatic carbocycles. The smallest absolute Gasteiger partial charge is 0.316 e. The summed E-state index contributed by atoms with van der Waals surface area (Å²) < 4.78 is 10.2. The molecule has 1 saturated heterocycles. The van der Waals surface area contributed by atoms with Crippen LogP contribution in [0.1, 0.15) is 46.0 Å². The summed E-state index contributed by atoms with van der Waals surface area (Å²) in [7, 11) is 1.22. The van der Waals surface area contributed by atoms with Gasteiger partial charge in [0, 0.05) is 19.4 Å². The van der Waals surface area contributed by atoms with E-state index < -0.39 is 34.6 Å². The van der Waals surface area contributed by atoms with Gasteiger partial charge in [0.05, 0.1) is 18.8 Å². The third-order valence-corrected chi connectivity index (χ3v) is 4.64. The summed E-state index contributed by atoms with van der Waals surface area (Å²) in [6, 6.07) is 0. The van der Waals surface area contributed by atoms with Crippen molar-refractivity contribution in [2.45, 2.75) is 52.1 Å². The van der Waals surface area contributed by atoms with E-state index in [-0.39, 0.29) is 24.5 Å². The van der Waals surface area contributed by atoms with Crippen molar-refractivity contribution >= 4 is 17.5 Å². The third kappa shape index (κ3) is 3.63. The normalized spacial score (nSPS) is 27.2. The van der Waals surface area contributed by atoms with Crippen LogP contribution < -0.4 is 0 Å². The van der Waals surface area contributed by atoms with E-state index >= 15 is 0 Å². The van der Waals surface area contributed by atoms with Crippen molar-refractivity contribution in [2.75, 3.05) is 13.7 Å². The van der Waals surface area contributed by atoms with E-state index in [9.17, 15) is 19.5 Å². The highest BCUT2D eigenvalue weighted by Gasteiger charge is 2.48. The lowest BCUT2D eigenvalue weighted by molar-refractivity contribution is -0.150. The highest BCUT2D eigenvalue weighted by Crippen LogP contribution is 2.42. The number of carbonyl (C=O) groups is 3. The fourth-order valence-corrected chi connectivity index (χ4v) is 3.40. The molecule has 0 aromatic rings. The van der Waals surface area contributed by atoms with Gasteiger partial charge in [0.25, 0.3) is 0 Å². The monoisotopic (exact) mass is 324 g/mol. The second kappa shape index (κ2) is 6.83. The largest absolute Gasteiger partial charge is 0.510 e. The average Bonchev–Trinajstić information content (AvgIpc) is 2.96. The first-order chi connectivity index (χ1) is 10.8. The van der Waals surface area contributed by atoms with Crippen LogP contribution >= 0.6 is 0 Å². The number of carbonyl (C=O) groups excluding carboxylic acids is 3. The Bertz CT molecular complexity index is 539. The maximum absolute atomic E-state index is 12.4. The van der Waals surface area contributed by atoms with E-state index in [4.69, 9.17) is 9.47 Å². The van der Waals surface area contributed by atoms with Crippen LogP contribution in [0.3, 0.4) is 0 Å². The standard InChI is InChI=1S/C17H24O6/c1-17(2)9-12(19)13(15(20)14(17)16(21)22-3)11(18)7-6-10-5-4-8-23-10/h10,14,20H,4-9H2,1-3H3/t10-,14+/m0/s1. The molecule has 0 radical (unpaired) electrons. The van der Waals surface area contributed by atoms with Crippen LogP contribution in [0.4, 0.5) is 0 Å². The Balaban J connectivity index is 2.21. The van der Waals surface area contributed by atoms with E-state index in [1.807, 2.05) is 0 Å². The maximum atomic E-state index is 12.4. The van der Waals surface area contributed by atoms with Crippen molar-refractivity contribution < 1.29 is 29.0 Å². The first kappa shape index (κ1) is 17.7. The molecule has 1 fully saturated rings. The number of ether oxygens (including phenoxy) is 2. The van der Waals surface area contributed by atoms with Crippen molar-refractivity contribution in [1.29, 1.82) is 0 Å². The number of esters is 1. The lowest BCUT2D eigenvalue weighted by Gasteiger charge is -2.35. The van der Waals surface area contributed by atoms with Crippen LogP contribution in [0.25, 0.3) is 0 Å². The van der Waals surface area contributed by atoms with Crippen molar-refractivity contribution in [2.24, 2.45) is 11.3 Å². The number of rotatable bonds is 5. The highest BCUT2D eigenvalue weighted by atomic mass is 16.5. The Morgan fingerprint density at radius 2 is 2.09 bits per heavy atom. The number of ketones is 2. The minimum atomic E-state index is -0.994. The van der Waals surface area contributed by atoms with Crippen LogP contribution in [-0.2, 0) is 23.9 Å². The summed E-state index contributed by atoms with van der Waals surface area (Å²) in [5, 5.41) is 10.4. The molecule has 0 unspecified atom stereocenters. The maximum Gasteiger partial charge on any atom is 0.316 e. The van der Waals surface area contributed by atoms with E-state index in [1.54, 1.807) is 13.8 Å². The Morgan fingerprint density at radius 1 is 1.39 bits per heavy atom. The van der Waals surface area contributed by atoms with Crippen LogP contribution in [0.15, 0.2) is 11.3 Å². The first-order valence-electron chi connectivity index (χ1n) is 7.97. The van der Waals surface area contributed by atoms with Gasteiger partial charge in [0.15, 0.2) is 11.6 Å². The molecule has 2 aliphatic rings. The molecule has 1 aliphatic heterocycles. The Morgan fingerprint density at radius 3 is 2.65 bits per heavy atom. The molecule has 6 heteroatoms. The molecular weight excluding hydrogens is 300 g/mol. The predicted molar refractivity (Wildman–Crippen MR) is 81.8 cm³/mol. The fraction of sp³-hybridized carbons (Fsp3) is 0.706. The molecule has 0 aromatic heterocycles. The van der Waals surface area contributed by atoms with Crippen LogP contribution in [0, 0.1) is 11.3 Å². The molecule has 1 aliphatic carbocycles. The Kier molecular flexibility index (Phi) is 5.24. The van der Waals surface area contributed by atoms with Crippen molar-refractivity contribution in [3.8, 4) is 0 Å². The number of methoxy groups -OCH3 is 1. The molecular formula is C17H24O6. The quantitative estimate of drug-likeness (QED) is 0.615.